The van der Waals surface area contributed by atoms with E-state index in [0.717, 1.165) is 11.1 Å². The molecule has 1 aliphatic heterocycles. The number of carbonyl (C=O) groups excluding carboxylic acids is 1. The summed E-state index contributed by atoms with van der Waals surface area (Å²) in [6, 6.07) is 10.7. The average molecular weight is 366 g/mol. The van der Waals surface area contributed by atoms with E-state index < -0.39 is 0 Å². The number of Topliss-reactive ketones (excluding diaryl/α,β-unsaturated/α-hetero) is 1. The van der Waals surface area contributed by atoms with E-state index in [1.807, 2.05) is 12.1 Å². The van der Waals surface area contributed by atoms with Gasteiger partial charge in [0.05, 0.1) is 10.9 Å². The van der Waals surface area contributed by atoms with Gasteiger partial charge in [0.1, 0.15) is 5.75 Å². The molecule has 0 atom stereocenters. The van der Waals surface area contributed by atoms with Gasteiger partial charge in [-0.3, -0.25) is 9.59 Å². The van der Waals surface area contributed by atoms with Crippen LogP contribution in [-0.4, -0.2) is 17.5 Å². The normalized spacial score (nSPS) is 12.5. The molecule has 7 heteroatoms. The third kappa shape index (κ3) is 3.32. The summed E-state index contributed by atoms with van der Waals surface area (Å²) in [6.45, 7) is 0.168. The average Bonchev–Trinajstić information content (AvgIpc) is 3.18. The zero-order valence-electron chi connectivity index (χ0n) is 12.5. The first kappa shape index (κ1) is 16.6. The van der Waals surface area contributed by atoms with E-state index >= 15 is 0 Å². The van der Waals surface area contributed by atoms with Crippen molar-refractivity contribution in [2.24, 2.45) is 0 Å². The number of hydrogen-bond donors (Lipinski definition) is 1. The number of nitrogens with one attached hydrogen (secondary N) is 1. The number of aromatic amines is 1. The second-order valence-corrected chi connectivity index (χ2v) is 5.71. The summed E-state index contributed by atoms with van der Waals surface area (Å²) in [5, 5.41) is 2.81. The maximum absolute atomic E-state index is 11.1. The summed E-state index contributed by atoms with van der Waals surface area (Å²) in [6.07, 6.45) is 0. The maximum atomic E-state index is 11.1. The Kier molecular flexibility index (Phi) is 4.92. The van der Waals surface area contributed by atoms with Crippen LogP contribution in [0.5, 0.6) is 5.75 Å². The molecule has 1 aliphatic rings. The Bertz CT molecular complexity index is 945. The largest absolute Gasteiger partial charge is 0.485 e. The lowest BCUT2D eigenvalue weighted by Crippen LogP contribution is -1.98. The summed E-state index contributed by atoms with van der Waals surface area (Å²) in [4.78, 5) is 22.1. The topological polar surface area (TPSA) is 72.3 Å². The highest BCUT2D eigenvalue weighted by molar-refractivity contribution is 6.17. The Labute approximate surface area is 147 Å². The fourth-order valence-electron chi connectivity index (χ4n) is 2.30. The predicted octanol–water partition coefficient (Wildman–Crippen LogP) is 3.86. The van der Waals surface area contributed by atoms with Crippen molar-refractivity contribution in [3.05, 3.63) is 63.4 Å². The van der Waals surface area contributed by atoms with Gasteiger partial charge in [0.2, 0.25) is 5.78 Å². The third-order valence-electron chi connectivity index (χ3n) is 3.56. The lowest BCUT2D eigenvalue weighted by molar-refractivity contribution is 0.0961. The van der Waals surface area contributed by atoms with Gasteiger partial charge in [0.15, 0.2) is 12.2 Å². The number of ketones is 1. The smallest absolute Gasteiger partial charge is 0.287 e. The summed E-state index contributed by atoms with van der Waals surface area (Å²) in [5.74, 6) is 1.58. The highest BCUT2D eigenvalue weighted by Gasteiger charge is 2.20. The van der Waals surface area contributed by atoms with Gasteiger partial charge in [-0.1, -0.05) is 12.1 Å². The van der Waals surface area contributed by atoms with Crippen LogP contribution in [0.15, 0.2) is 45.7 Å². The van der Waals surface area contributed by atoms with Crippen molar-refractivity contribution in [2.45, 2.75) is 11.8 Å². The van der Waals surface area contributed by atoms with E-state index in [2.05, 4.69) is 5.16 Å². The molecule has 1 N–H and O–H groups in total. The number of ether oxygens (including phenoxy) is 1. The molecule has 0 amide bonds. The summed E-state index contributed by atoms with van der Waals surface area (Å²) < 4.78 is 10.0. The van der Waals surface area contributed by atoms with Crippen LogP contribution in [0.4, 0.5) is 0 Å². The van der Waals surface area contributed by atoms with E-state index in [1.54, 1.807) is 24.3 Å². The molecule has 0 saturated carbocycles. The van der Waals surface area contributed by atoms with E-state index in [-0.39, 0.29) is 17.9 Å². The second kappa shape index (κ2) is 7.11. The van der Waals surface area contributed by atoms with Gasteiger partial charge in [-0.05, 0) is 35.4 Å². The van der Waals surface area contributed by atoms with Crippen LogP contribution in [0, 0.1) is 0 Å². The van der Waals surface area contributed by atoms with E-state index in [1.165, 1.54) is 0 Å². The molecule has 0 saturated heterocycles. The number of aromatic nitrogens is 1. The molecule has 2 aromatic carbocycles. The molecule has 1 aromatic heterocycles. The molecule has 0 spiro atoms. The van der Waals surface area contributed by atoms with Crippen LogP contribution in [0.1, 0.15) is 21.5 Å². The number of halogens is 2. The van der Waals surface area contributed by atoms with Crippen LogP contribution in [-0.2, 0) is 11.8 Å². The molecule has 4 rings (SSSR count). The Balaban J connectivity index is 0.000000141. The molecule has 124 valence electrons. The van der Waals surface area contributed by atoms with E-state index in [0.29, 0.717) is 34.0 Å². The third-order valence-corrected chi connectivity index (χ3v) is 4.18. The number of alkyl halides is 2. The summed E-state index contributed by atoms with van der Waals surface area (Å²) >= 11 is 11.2. The van der Waals surface area contributed by atoms with Crippen molar-refractivity contribution in [1.29, 1.82) is 0 Å². The first-order chi connectivity index (χ1) is 11.6. The minimum absolute atomic E-state index is 0.0473. The van der Waals surface area contributed by atoms with Gasteiger partial charge in [0, 0.05) is 11.8 Å². The molecule has 0 unspecified atom stereocenters. The molecule has 0 radical (unpaired) electrons. The molecule has 5 nitrogen and oxygen atoms in total. The fraction of sp³-hybridized carbons (Fsp3) is 0.176. The number of rotatable bonds is 2. The monoisotopic (exact) mass is 365 g/mol. The van der Waals surface area contributed by atoms with E-state index in [4.69, 9.17) is 32.5 Å². The Morgan fingerprint density at radius 1 is 1.00 bits per heavy atom. The number of hydrogen-bond acceptors (Lipinski definition) is 4. The summed E-state index contributed by atoms with van der Waals surface area (Å²) in [5.41, 5.74) is 2.94. The van der Waals surface area contributed by atoms with Gasteiger partial charge >= 0.3 is 0 Å². The van der Waals surface area contributed by atoms with Gasteiger partial charge in [-0.2, -0.15) is 5.16 Å². The van der Waals surface area contributed by atoms with Gasteiger partial charge in [0.25, 0.3) is 5.56 Å². The number of H-pyrrole nitrogens is 1. The second-order valence-electron chi connectivity index (χ2n) is 5.17. The standard InChI is InChI=1S/C9H7ClO2.C8H6ClNO2/c10-4-6-1-2-7-8(11)5-12-9(7)3-6;9-4-5-1-2-6-7(3-5)12-10-8(6)11/h1-3H,4-5H2;1-3H,4H2,(H,10,11). The van der Waals surface area contributed by atoms with Gasteiger partial charge < -0.3 is 9.26 Å². The lowest BCUT2D eigenvalue weighted by Gasteiger charge is -1.98. The minimum atomic E-state index is -0.203. The first-order valence-corrected chi connectivity index (χ1v) is 8.20. The van der Waals surface area contributed by atoms with Crippen LogP contribution in [0.3, 0.4) is 0 Å². The molecule has 3 aromatic rings. The van der Waals surface area contributed by atoms with E-state index in [9.17, 15) is 9.59 Å². The Morgan fingerprint density at radius 2 is 1.71 bits per heavy atom. The van der Waals surface area contributed by atoms with Crippen molar-refractivity contribution in [3.63, 3.8) is 0 Å². The highest BCUT2D eigenvalue weighted by Crippen LogP contribution is 2.26. The molecular formula is C17H13Cl2NO4. The van der Waals surface area contributed by atoms with Crippen molar-refractivity contribution in [1.82, 2.24) is 5.16 Å². The van der Waals surface area contributed by atoms with Crippen LogP contribution in [0.25, 0.3) is 11.0 Å². The zero-order chi connectivity index (χ0) is 17.1. The van der Waals surface area contributed by atoms with Crippen molar-refractivity contribution >= 4 is 40.0 Å². The molecule has 0 bridgehead atoms. The molecular weight excluding hydrogens is 353 g/mol. The summed E-state index contributed by atoms with van der Waals surface area (Å²) in [7, 11) is 0. The van der Waals surface area contributed by atoms with Gasteiger partial charge in [-0.25, -0.2) is 0 Å². The number of benzene rings is 2. The highest BCUT2D eigenvalue weighted by atomic mass is 35.5. The molecule has 0 fully saturated rings. The molecule has 0 aliphatic carbocycles. The predicted molar refractivity (Wildman–Crippen MR) is 92.2 cm³/mol. The van der Waals surface area contributed by atoms with Crippen molar-refractivity contribution in [2.75, 3.05) is 6.61 Å². The fourth-order valence-corrected chi connectivity index (χ4v) is 2.63. The van der Waals surface area contributed by atoms with Crippen molar-refractivity contribution < 1.29 is 14.1 Å². The maximum Gasteiger partial charge on any atom is 0.287 e. The zero-order valence-corrected chi connectivity index (χ0v) is 14.0. The lowest BCUT2D eigenvalue weighted by atomic mass is 10.1. The molecule has 24 heavy (non-hydrogen) atoms. The Morgan fingerprint density at radius 3 is 2.46 bits per heavy atom. The van der Waals surface area contributed by atoms with Crippen LogP contribution < -0.4 is 10.3 Å². The minimum Gasteiger partial charge on any atom is -0.485 e. The van der Waals surface area contributed by atoms with Crippen molar-refractivity contribution in [3.8, 4) is 5.75 Å². The molecule has 2 heterocycles. The first-order valence-electron chi connectivity index (χ1n) is 7.13. The number of carbonyl (C=O) groups is 1. The van der Waals surface area contributed by atoms with Crippen LogP contribution >= 0.6 is 23.2 Å². The van der Waals surface area contributed by atoms with Crippen LogP contribution in [0.2, 0.25) is 0 Å². The van der Waals surface area contributed by atoms with Gasteiger partial charge in [-0.15, -0.1) is 23.2 Å². The SMILES string of the molecule is O=C1COc2cc(CCl)ccc21.O=c1[nH]oc2cc(CCl)ccc12. The Hall–Kier alpha value is -2.24. The quantitative estimate of drug-likeness (QED) is 0.699. The number of fused-ring (bicyclic) bond motifs is 2.